The molecule has 3 nitrogen and oxygen atoms in total. The monoisotopic (exact) mass is 574 g/mol. The van der Waals surface area contributed by atoms with Crippen molar-refractivity contribution in [1.82, 2.24) is 0 Å². The zero-order valence-corrected chi connectivity index (χ0v) is 28.6. The molecule has 3 heteroatoms. The second-order valence-electron chi connectivity index (χ2n) is 15.6. The van der Waals surface area contributed by atoms with Gasteiger partial charge in [0, 0.05) is 0 Å². The van der Waals surface area contributed by atoms with Crippen LogP contribution in [0.3, 0.4) is 0 Å². The molecule has 0 N–H and O–H groups in total. The maximum Gasteiger partial charge on any atom is 0.120 e. The summed E-state index contributed by atoms with van der Waals surface area (Å²) in [4.78, 5) is 0. The molecule has 0 radical (unpaired) electrons. The van der Waals surface area contributed by atoms with Gasteiger partial charge in [-0.3, -0.25) is 0 Å². The third-order valence-electron chi connectivity index (χ3n) is 10.4. The molecule has 0 saturated carbocycles. The van der Waals surface area contributed by atoms with Crippen LogP contribution in [-0.4, -0.2) is 26.4 Å². The van der Waals surface area contributed by atoms with E-state index in [0.29, 0.717) is 25.0 Å². The van der Waals surface area contributed by atoms with Crippen molar-refractivity contribution in [3.8, 4) is 11.5 Å². The van der Waals surface area contributed by atoms with Crippen LogP contribution in [0.5, 0.6) is 11.5 Å². The fourth-order valence-corrected chi connectivity index (χ4v) is 5.95. The van der Waals surface area contributed by atoms with Crippen molar-refractivity contribution in [2.45, 2.75) is 101 Å². The van der Waals surface area contributed by atoms with E-state index in [1.807, 2.05) is 0 Å². The van der Waals surface area contributed by atoms with Crippen molar-refractivity contribution in [3.63, 3.8) is 0 Å². The zero-order valence-electron chi connectivity index (χ0n) is 28.6. The normalized spacial score (nSPS) is 14.7. The van der Waals surface area contributed by atoms with Crippen molar-refractivity contribution < 1.29 is 14.2 Å². The lowest BCUT2D eigenvalue weighted by Gasteiger charge is -2.52. The van der Waals surface area contributed by atoms with E-state index in [1.54, 1.807) is 7.11 Å². The zero-order chi connectivity index (χ0) is 31.3. The summed E-state index contributed by atoms with van der Waals surface area (Å²) >= 11 is 0. The van der Waals surface area contributed by atoms with Crippen LogP contribution in [0.2, 0.25) is 0 Å². The van der Waals surface area contributed by atoms with Crippen molar-refractivity contribution in [1.29, 1.82) is 0 Å². The third kappa shape index (κ3) is 8.31. The van der Waals surface area contributed by atoms with Gasteiger partial charge >= 0.3 is 0 Å². The molecule has 0 saturated heterocycles. The molecule has 0 aromatic heterocycles. The highest BCUT2D eigenvalue weighted by atomic mass is 16.5. The molecular formula is C39H58O3. The van der Waals surface area contributed by atoms with Gasteiger partial charge in [0.05, 0.1) is 19.8 Å². The molecule has 0 spiro atoms. The highest BCUT2D eigenvalue weighted by Gasteiger charge is 2.48. The van der Waals surface area contributed by atoms with E-state index in [-0.39, 0.29) is 27.8 Å². The summed E-state index contributed by atoms with van der Waals surface area (Å²) in [5.74, 6) is 2.67. The molecule has 0 fully saturated rings. The van der Waals surface area contributed by atoms with Gasteiger partial charge in [0.1, 0.15) is 18.1 Å². The number of rotatable bonds is 14. The Morgan fingerprint density at radius 2 is 1.26 bits per heavy atom. The summed E-state index contributed by atoms with van der Waals surface area (Å²) < 4.78 is 18.4. The minimum absolute atomic E-state index is 0.00112. The number of ether oxygens (including phenoxy) is 3. The van der Waals surface area contributed by atoms with Crippen molar-refractivity contribution in [3.05, 3.63) is 72.3 Å². The van der Waals surface area contributed by atoms with Crippen molar-refractivity contribution in [2.75, 3.05) is 20.3 Å². The molecule has 2 atom stereocenters. The van der Waals surface area contributed by atoms with E-state index in [2.05, 4.69) is 143 Å². The lowest BCUT2D eigenvalue weighted by atomic mass is 9.54. The summed E-state index contributed by atoms with van der Waals surface area (Å²) in [6, 6.07) is 23.4. The van der Waals surface area contributed by atoms with Gasteiger partial charge in [0.2, 0.25) is 0 Å². The molecule has 2 unspecified atom stereocenters. The molecular weight excluding hydrogens is 516 g/mol. The smallest absolute Gasteiger partial charge is 0.120 e. The first-order valence-electron chi connectivity index (χ1n) is 15.8. The first kappa shape index (κ1) is 34.0. The van der Waals surface area contributed by atoms with Crippen LogP contribution in [0.15, 0.2) is 66.7 Å². The van der Waals surface area contributed by atoms with Gasteiger partial charge in [-0.05, 0) is 86.9 Å². The van der Waals surface area contributed by atoms with Crippen LogP contribution in [0.4, 0.5) is 0 Å². The Hall–Kier alpha value is -2.52. The van der Waals surface area contributed by atoms with Crippen LogP contribution < -0.4 is 9.47 Å². The fourth-order valence-electron chi connectivity index (χ4n) is 5.95. The lowest BCUT2D eigenvalue weighted by Crippen LogP contribution is -2.46. The van der Waals surface area contributed by atoms with E-state index in [0.717, 1.165) is 24.3 Å². The van der Waals surface area contributed by atoms with E-state index >= 15 is 0 Å². The predicted molar refractivity (Wildman–Crippen MR) is 180 cm³/mol. The average molecular weight is 575 g/mol. The van der Waals surface area contributed by atoms with Gasteiger partial charge in [-0.1, -0.05) is 119 Å². The summed E-state index contributed by atoms with van der Waals surface area (Å²) in [5, 5.41) is 2.42. The molecule has 232 valence electrons. The minimum Gasteiger partial charge on any atom is -0.497 e. The standard InChI is InChI=1S/C39H58O3/c1-28(2)38(8,9)35(42-24-23-41-33-22-17-29-15-13-14-16-31(29)25-33)27-37(6,7)39(10,11)34(26-36(3,4)5)30-18-20-32(40-12)21-19-30/h13-22,25,28,34-35H,23-24,26-27H2,1-12H3. The van der Waals surface area contributed by atoms with Gasteiger partial charge in [0.15, 0.2) is 0 Å². The van der Waals surface area contributed by atoms with Crippen molar-refractivity contribution >= 4 is 10.8 Å². The molecule has 3 aromatic rings. The summed E-state index contributed by atoms with van der Waals surface area (Å²) in [6.45, 7) is 27.4. The summed E-state index contributed by atoms with van der Waals surface area (Å²) in [7, 11) is 1.73. The maximum absolute atomic E-state index is 6.78. The van der Waals surface area contributed by atoms with Crippen LogP contribution in [0.25, 0.3) is 10.8 Å². The first-order chi connectivity index (χ1) is 19.5. The van der Waals surface area contributed by atoms with Crippen LogP contribution in [0, 0.1) is 27.6 Å². The molecule has 3 aromatic carbocycles. The van der Waals surface area contributed by atoms with Gasteiger partial charge in [0.25, 0.3) is 0 Å². The molecule has 0 aliphatic rings. The van der Waals surface area contributed by atoms with Crippen LogP contribution >= 0.6 is 0 Å². The number of fused-ring (bicyclic) bond motifs is 1. The van der Waals surface area contributed by atoms with Gasteiger partial charge in [-0.25, -0.2) is 0 Å². The largest absolute Gasteiger partial charge is 0.497 e. The Morgan fingerprint density at radius 1 is 0.667 bits per heavy atom. The number of hydrogen-bond acceptors (Lipinski definition) is 3. The summed E-state index contributed by atoms with van der Waals surface area (Å²) in [5.41, 5.74) is 1.60. The number of methoxy groups -OCH3 is 1. The second kappa shape index (κ2) is 13.4. The highest BCUT2D eigenvalue weighted by molar-refractivity contribution is 5.83. The lowest BCUT2D eigenvalue weighted by molar-refractivity contribution is -0.0954. The molecule has 0 bridgehead atoms. The van der Waals surface area contributed by atoms with Crippen molar-refractivity contribution in [2.24, 2.45) is 27.6 Å². The molecule has 3 rings (SSSR count). The van der Waals surface area contributed by atoms with E-state index < -0.39 is 0 Å². The Bertz CT molecular complexity index is 1260. The Labute approximate surface area is 257 Å². The second-order valence-corrected chi connectivity index (χ2v) is 15.6. The first-order valence-corrected chi connectivity index (χ1v) is 15.8. The molecule has 42 heavy (non-hydrogen) atoms. The van der Waals surface area contributed by atoms with Crippen LogP contribution in [0.1, 0.15) is 100 Å². The highest BCUT2D eigenvalue weighted by Crippen LogP contribution is 2.56. The molecule has 0 aliphatic carbocycles. The minimum atomic E-state index is -0.00112. The molecule has 0 amide bonds. The van der Waals surface area contributed by atoms with E-state index in [1.165, 1.54) is 16.3 Å². The van der Waals surface area contributed by atoms with Crippen LogP contribution in [-0.2, 0) is 4.74 Å². The Kier molecular flexibility index (Phi) is 10.9. The van der Waals surface area contributed by atoms with Gasteiger partial charge in [-0.2, -0.15) is 0 Å². The SMILES string of the molecule is COc1ccc(C(CC(C)(C)C)C(C)(C)C(C)(C)CC(OCCOc2ccc3ccccc3c2)C(C)(C)C(C)C)cc1. The van der Waals surface area contributed by atoms with Gasteiger partial charge < -0.3 is 14.2 Å². The van der Waals surface area contributed by atoms with E-state index in [4.69, 9.17) is 14.2 Å². The Balaban J connectivity index is 1.81. The molecule has 0 heterocycles. The summed E-state index contributed by atoms with van der Waals surface area (Å²) in [6.07, 6.45) is 2.17. The fraction of sp³-hybridized carbons (Fsp3) is 0.590. The molecule has 0 aliphatic heterocycles. The number of benzene rings is 3. The third-order valence-corrected chi connectivity index (χ3v) is 10.4. The van der Waals surface area contributed by atoms with Gasteiger partial charge in [-0.15, -0.1) is 0 Å². The van der Waals surface area contributed by atoms with E-state index in [9.17, 15) is 0 Å². The topological polar surface area (TPSA) is 27.7 Å². The maximum atomic E-state index is 6.78. The Morgan fingerprint density at radius 3 is 1.83 bits per heavy atom. The predicted octanol–water partition coefficient (Wildman–Crippen LogP) is 11.0. The number of hydrogen-bond donors (Lipinski definition) is 0. The average Bonchev–Trinajstić information content (AvgIpc) is 2.92. The quantitative estimate of drug-likeness (QED) is 0.179.